The summed E-state index contributed by atoms with van der Waals surface area (Å²) in [5, 5.41) is 6.02. The Morgan fingerprint density at radius 3 is 2.76 bits per heavy atom. The molecule has 134 valence electrons. The molecule has 0 spiro atoms. The quantitative estimate of drug-likeness (QED) is 0.893. The zero-order valence-corrected chi connectivity index (χ0v) is 14.4. The molecule has 1 aliphatic carbocycles. The van der Waals surface area contributed by atoms with Crippen LogP contribution in [0.4, 0.5) is 18.9 Å². The van der Waals surface area contributed by atoms with Gasteiger partial charge in [0.1, 0.15) is 11.3 Å². The highest BCUT2D eigenvalue weighted by Crippen LogP contribution is 2.39. The summed E-state index contributed by atoms with van der Waals surface area (Å²) in [5.74, 6) is -1.98. The molecule has 0 saturated carbocycles. The minimum absolute atomic E-state index is 0.0258. The first kappa shape index (κ1) is 17.5. The lowest BCUT2D eigenvalue weighted by Crippen LogP contribution is -2.25. The fourth-order valence-corrected chi connectivity index (χ4v) is 3.52. The van der Waals surface area contributed by atoms with E-state index in [1.165, 1.54) is 7.05 Å². The lowest BCUT2D eigenvalue weighted by atomic mass is 9.72. The van der Waals surface area contributed by atoms with Crippen molar-refractivity contribution >= 4 is 11.6 Å². The molecule has 0 saturated heterocycles. The number of amides is 1. The predicted octanol–water partition coefficient (Wildman–Crippen LogP) is 4.36. The Kier molecular flexibility index (Phi) is 4.34. The van der Waals surface area contributed by atoms with Crippen LogP contribution in [-0.4, -0.2) is 15.7 Å². The number of rotatable bonds is 3. The van der Waals surface area contributed by atoms with Gasteiger partial charge in [-0.1, -0.05) is 26.0 Å². The first-order valence-corrected chi connectivity index (χ1v) is 8.16. The van der Waals surface area contributed by atoms with Gasteiger partial charge in [0.15, 0.2) is 0 Å². The largest absolute Gasteiger partial charge is 0.322 e. The van der Waals surface area contributed by atoms with Crippen LogP contribution in [0.3, 0.4) is 0 Å². The highest BCUT2D eigenvalue weighted by atomic mass is 19.3. The smallest absolute Gasteiger partial charge is 0.283 e. The van der Waals surface area contributed by atoms with Crippen LogP contribution in [0.1, 0.15) is 60.3 Å². The molecule has 0 radical (unpaired) electrons. The fourth-order valence-electron chi connectivity index (χ4n) is 3.52. The van der Waals surface area contributed by atoms with Gasteiger partial charge >= 0.3 is 0 Å². The molecule has 0 fully saturated rings. The van der Waals surface area contributed by atoms with Crippen LogP contribution in [0.5, 0.6) is 0 Å². The topological polar surface area (TPSA) is 46.9 Å². The van der Waals surface area contributed by atoms with Crippen LogP contribution < -0.4 is 5.32 Å². The number of hydrogen-bond donors (Lipinski definition) is 1. The molecule has 3 rings (SSSR count). The van der Waals surface area contributed by atoms with Crippen molar-refractivity contribution in [1.29, 1.82) is 0 Å². The summed E-state index contributed by atoms with van der Waals surface area (Å²) in [6.45, 7) is 4.26. The maximum Gasteiger partial charge on any atom is 0.283 e. The number of anilines is 1. The fraction of sp³-hybridized carbons (Fsp3) is 0.444. The van der Waals surface area contributed by atoms with E-state index in [2.05, 4.69) is 24.3 Å². The number of carbonyl (C=O) groups excluding carboxylic acids is 1. The molecule has 1 N–H and O–H groups in total. The Bertz CT molecular complexity index is 827. The number of nitrogens with one attached hydrogen (secondary N) is 1. The molecule has 1 aromatic carbocycles. The van der Waals surface area contributed by atoms with Gasteiger partial charge in [0, 0.05) is 12.7 Å². The second kappa shape index (κ2) is 6.20. The van der Waals surface area contributed by atoms with Gasteiger partial charge in [0.25, 0.3) is 12.3 Å². The molecular formula is C18H20F3N3O. The number of aryl methyl sites for hydroxylation is 1. The van der Waals surface area contributed by atoms with Crippen LogP contribution >= 0.6 is 0 Å². The zero-order valence-electron chi connectivity index (χ0n) is 14.4. The molecular weight excluding hydrogens is 331 g/mol. The van der Waals surface area contributed by atoms with Crippen LogP contribution in [0.2, 0.25) is 0 Å². The Morgan fingerprint density at radius 1 is 1.36 bits per heavy atom. The molecule has 0 bridgehead atoms. The monoisotopic (exact) mass is 351 g/mol. The van der Waals surface area contributed by atoms with Crippen molar-refractivity contribution < 1.29 is 18.0 Å². The third kappa shape index (κ3) is 3.03. The van der Waals surface area contributed by atoms with Crippen LogP contribution in [-0.2, 0) is 18.9 Å². The van der Waals surface area contributed by atoms with E-state index in [-0.39, 0.29) is 5.41 Å². The van der Waals surface area contributed by atoms with Crippen molar-refractivity contribution in [3.8, 4) is 0 Å². The third-order valence-electron chi connectivity index (χ3n) is 4.82. The van der Waals surface area contributed by atoms with E-state index < -0.39 is 29.5 Å². The summed E-state index contributed by atoms with van der Waals surface area (Å²) in [5.41, 5.74) is 1.07. The average molecular weight is 351 g/mol. The number of halogens is 3. The summed E-state index contributed by atoms with van der Waals surface area (Å²) in [4.78, 5) is 12.5. The standard InChI is InChI=1S/C18H20F3N3O/c1-18(2)9-5-6-10-11(18)7-4-8-12(10)22-17(25)13-14(15(19)20)23-24(3)16(13)21/h4,7-8,15H,5-6,9H2,1-3H3,(H,22,25). The van der Waals surface area contributed by atoms with Crippen molar-refractivity contribution in [1.82, 2.24) is 9.78 Å². The molecule has 0 aliphatic heterocycles. The Labute approximate surface area is 144 Å². The molecule has 1 aromatic heterocycles. The summed E-state index contributed by atoms with van der Waals surface area (Å²) >= 11 is 0. The minimum Gasteiger partial charge on any atom is -0.322 e. The highest BCUT2D eigenvalue weighted by molar-refractivity contribution is 6.05. The van der Waals surface area contributed by atoms with Crippen LogP contribution in [0, 0.1) is 5.95 Å². The Morgan fingerprint density at radius 2 is 2.08 bits per heavy atom. The van der Waals surface area contributed by atoms with Crippen molar-refractivity contribution in [2.45, 2.75) is 45.0 Å². The van der Waals surface area contributed by atoms with E-state index in [9.17, 15) is 18.0 Å². The summed E-state index contributed by atoms with van der Waals surface area (Å²) < 4.78 is 40.9. The van der Waals surface area contributed by atoms with E-state index >= 15 is 0 Å². The maximum atomic E-state index is 14.1. The third-order valence-corrected chi connectivity index (χ3v) is 4.82. The van der Waals surface area contributed by atoms with Crippen molar-refractivity contribution in [3.05, 3.63) is 46.5 Å². The van der Waals surface area contributed by atoms with Crippen molar-refractivity contribution in [2.24, 2.45) is 7.05 Å². The summed E-state index contributed by atoms with van der Waals surface area (Å²) in [6, 6.07) is 5.54. The van der Waals surface area contributed by atoms with Gasteiger partial charge in [0.05, 0.1) is 0 Å². The van der Waals surface area contributed by atoms with Gasteiger partial charge in [-0.15, -0.1) is 0 Å². The maximum absolute atomic E-state index is 14.1. The number of hydrogen-bond acceptors (Lipinski definition) is 2. The van der Waals surface area contributed by atoms with Gasteiger partial charge in [0.2, 0.25) is 5.95 Å². The van der Waals surface area contributed by atoms with Crippen LogP contribution in [0.15, 0.2) is 18.2 Å². The molecule has 0 atom stereocenters. The lowest BCUT2D eigenvalue weighted by Gasteiger charge is -2.33. The number of nitrogens with zero attached hydrogens (tertiary/aromatic N) is 2. The van der Waals surface area contributed by atoms with E-state index in [1.54, 1.807) is 6.07 Å². The molecule has 7 heteroatoms. The lowest BCUT2D eigenvalue weighted by molar-refractivity contribution is 0.100. The number of fused-ring (bicyclic) bond motifs is 1. The zero-order chi connectivity index (χ0) is 18.4. The average Bonchev–Trinajstić information content (AvgIpc) is 2.84. The van der Waals surface area contributed by atoms with Crippen LogP contribution in [0.25, 0.3) is 0 Å². The molecule has 4 nitrogen and oxygen atoms in total. The van der Waals surface area contributed by atoms with Gasteiger partial charge in [-0.3, -0.25) is 4.79 Å². The molecule has 1 amide bonds. The van der Waals surface area contributed by atoms with Gasteiger partial charge in [-0.2, -0.15) is 9.49 Å². The Balaban J connectivity index is 1.99. The summed E-state index contributed by atoms with van der Waals surface area (Å²) in [7, 11) is 1.19. The number of benzene rings is 1. The van der Waals surface area contributed by atoms with E-state index in [0.29, 0.717) is 10.4 Å². The first-order valence-electron chi connectivity index (χ1n) is 8.16. The molecule has 1 aliphatic rings. The van der Waals surface area contributed by atoms with Crippen molar-refractivity contribution in [3.63, 3.8) is 0 Å². The number of carbonyl (C=O) groups is 1. The second-order valence-corrected chi connectivity index (χ2v) is 7.00. The predicted molar refractivity (Wildman–Crippen MR) is 88.5 cm³/mol. The highest BCUT2D eigenvalue weighted by Gasteiger charge is 2.31. The molecule has 0 unspecified atom stereocenters. The normalized spacial score (nSPS) is 16.0. The SMILES string of the molecule is Cn1nc(C(F)F)c(C(=O)Nc2cccc3c2CCCC3(C)C)c1F. The van der Waals surface area contributed by atoms with Gasteiger partial charge in [-0.25, -0.2) is 13.5 Å². The molecule has 25 heavy (non-hydrogen) atoms. The molecule has 2 aromatic rings. The summed E-state index contributed by atoms with van der Waals surface area (Å²) in [6.07, 6.45) is -0.243. The first-order chi connectivity index (χ1) is 11.7. The van der Waals surface area contributed by atoms with E-state index in [1.807, 2.05) is 12.1 Å². The minimum atomic E-state index is -3.03. The second-order valence-electron chi connectivity index (χ2n) is 7.00. The molecule has 1 heterocycles. The Hall–Kier alpha value is -2.31. The number of alkyl halides is 2. The van der Waals surface area contributed by atoms with E-state index in [4.69, 9.17) is 0 Å². The van der Waals surface area contributed by atoms with Gasteiger partial charge in [-0.05, 0) is 41.9 Å². The van der Waals surface area contributed by atoms with Crippen molar-refractivity contribution in [2.75, 3.05) is 5.32 Å². The van der Waals surface area contributed by atoms with Gasteiger partial charge < -0.3 is 5.32 Å². The van der Waals surface area contributed by atoms with E-state index in [0.717, 1.165) is 30.4 Å². The number of aromatic nitrogens is 2.